The molecule has 0 amide bonds. The molecule has 0 aromatic heterocycles. The Bertz CT molecular complexity index is 322. The fraction of sp³-hybridized carbons (Fsp3) is 0.600. The molecule has 16 heavy (non-hydrogen) atoms. The van der Waals surface area contributed by atoms with Crippen molar-refractivity contribution in [1.29, 1.82) is 0 Å². The molecule has 1 aromatic carbocycles. The van der Waals surface area contributed by atoms with E-state index in [1.165, 1.54) is 11.1 Å². The van der Waals surface area contributed by atoms with Crippen LogP contribution in [0.2, 0.25) is 0 Å². The molecule has 0 bridgehead atoms. The van der Waals surface area contributed by atoms with Crippen molar-refractivity contribution in [2.45, 2.75) is 52.3 Å². The van der Waals surface area contributed by atoms with E-state index in [4.69, 9.17) is 11.6 Å². The molecule has 1 atom stereocenters. The highest BCUT2D eigenvalue weighted by molar-refractivity contribution is 6.21. The molecule has 1 heteroatoms. The minimum Gasteiger partial charge on any atom is -0.117 e. The lowest BCUT2D eigenvalue weighted by atomic mass is 9.82. The second-order valence-corrected chi connectivity index (χ2v) is 5.96. The maximum absolute atomic E-state index is 6.53. The van der Waals surface area contributed by atoms with Crippen LogP contribution in [0.3, 0.4) is 0 Å². The normalized spacial score (nSPS) is 14.2. The van der Waals surface area contributed by atoms with Crippen LogP contribution in [-0.4, -0.2) is 0 Å². The quantitative estimate of drug-likeness (QED) is 0.606. The van der Waals surface area contributed by atoms with E-state index >= 15 is 0 Å². The minimum absolute atomic E-state index is 0.0960. The molecule has 0 aliphatic rings. The predicted octanol–water partition coefficient (Wildman–Crippen LogP) is 5.53. The highest BCUT2D eigenvalue weighted by Gasteiger charge is 2.27. The SMILES string of the molecule is CCC(C)(C)C(Cl)c1ccc(C(C)C)cc1. The molecule has 90 valence electrons. The topological polar surface area (TPSA) is 0 Å². The van der Waals surface area contributed by atoms with Crippen LogP contribution in [0.25, 0.3) is 0 Å². The summed E-state index contributed by atoms with van der Waals surface area (Å²) in [5.74, 6) is 0.585. The lowest BCUT2D eigenvalue weighted by molar-refractivity contribution is 0.336. The molecule has 0 heterocycles. The van der Waals surface area contributed by atoms with Crippen molar-refractivity contribution >= 4 is 11.6 Å². The van der Waals surface area contributed by atoms with Crippen LogP contribution in [0, 0.1) is 5.41 Å². The van der Waals surface area contributed by atoms with E-state index in [1.54, 1.807) is 0 Å². The maximum atomic E-state index is 6.53. The molecule has 0 nitrogen and oxygen atoms in total. The molecule has 0 fully saturated rings. The van der Waals surface area contributed by atoms with Gasteiger partial charge in [0.05, 0.1) is 5.38 Å². The first-order chi connectivity index (χ1) is 7.38. The lowest BCUT2D eigenvalue weighted by Crippen LogP contribution is -2.16. The second-order valence-electron chi connectivity index (χ2n) is 5.53. The van der Waals surface area contributed by atoms with Crippen LogP contribution in [0.4, 0.5) is 0 Å². The van der Waals surface area contributed by atoms with Crippen LogP contribution >= 0.6 is 11.6 Å². The van der Waals surface area contributed by atoms with Gasteiger partial charge >= 0.3 is 0 Å². The van der Waals surface area contributed by atoms with Gasteiger partial charge in [-0.15, -0.1) is 11.6 Å². The van der Waals surface area contributed by atoms with Gasteiger partial charge in [0.2, 0.25) is 0 Å². The fourth-order valence-electron chi connectivity index (χ4n) is 1.68. The Morgan fingerprint density at radius 2 is 1.50 bits per heavy atom. The zero-order chi connectivity index (χ0) is 12.3. The summed E-state index contributed by atoms with van der Waals surface area (Å²) in [5, 5.41) is 0.0960. The Kier molecular flexibility index (Phi) is 4.43. The van der Waals surface area contributed by atoms with E-state index in [0.29, 0.717) is 5.92 Å². The van der Waals surface area contributed by atoms with Gasteiger partial charge in [-0.2, -0.15) is 0 Å². The second kappa shape index (κ2) is 5.23. The predicted molar refractivity (Wildman–Crippen MR) is 73.2 cm³/mol. The zero-order valence-electron chi connectivity index (χ0n) is 11.0. The van der Waals surface area contributed by atoms with Gasteiger partial charge in [-0.25, -0.2) is 0 Å². The Hall–Kier alpha value is -0.490. The summed E-state index contributed by atoms with van der Waals surface area (Å²) in [7, 11) is 0. The Balaban J connectivity index is 2.90. The fourth-order valence-corrected chi connectivity index (χ4v) is 1.98. The third-order valence-corrected chi connectivity index (χ3v) is 4.34. The number of rotatable bonds is 4. The number of hydrogen-bond donors (Lipinski definition) is 0. The van der Waals surface area contributed by atoms with E-state index in [9.17, 15) is 0 Å². The first-order valence-corrected chi connectivity index (χ1v) is 6.56. The largest absolute Gasteiger partial charge is 0.117 e. The van der Waals surface area contributed by atoms with Gasteiger partial charge in [0, 0.05) is 0 Å². The number of alkyl halides is 1. The number of benzene rings is 1. The lowest BCUT2D eigenvalue weighted by Gasteiger charge is -2.29. The molecule has 0 saturated heterocycles. The summed E-state index contributed by atoms with van der Waals surface area (Å²) in [4.78, 5) is 0. The summed E-state index contributed by atoms with van der Waals surface area (Å²) in [6.07, 6.45) is 1.09. The molecule has 0 spiro atoms. The van der Waals surface area contributed by atoms with Crippen molar-refractivity contribution < 1.29 is 0 Å². The molecule has 1 unspecified atom stereocenters. The number of halogens is 1. The van der Waals surface area contributed by atoms with Crippen molar-refractivity contribution in [1.82, 2.24) is 0 Å². The van der Waals surface area contributed by atoms with Gasteiger partial charge < -0.3 is 0 Å². The monoisotopic (exact) mass is 238 g/mol. The average Bonchev–Trinajstić information content (AvgIpc) is 2.28. The van der Waals surface area contributed by atoms with Crippen molar-refractivity contribution in [3.8, 4) is 0 Å². The maximum Gasteiger partial charge on any atom is 0.0636 e. The Morgan fingerprint density at radius 3 is 1.88 bits per heavy atom. The summed E-state index contributed by atoms with van der Waals surface area (Å²) >= 11 is 6.53. The molecule has 0 aliphatic heterocycles. The van der Waals surface area contributed by atoms with Crippen LogP contribution in [-0.2, 0) is 0 Å². The minimum atomic E-state index is 0.0960. The van der Waals surface area contributed by atoms with Crippen molar-refractivity contribution in [3.05, 3.63) is 35.4 Å². The highest BCUT2D eigenvalue weighted by atomic mass is 35.5. The van der Waals surface area contributed by atoms with E-state index in [-0.39, 0.29) is 10.8 Å². The van der Waals surface area contributed by atoms with Gasteiger partial charge in [-0.05, 0) is 28.9 Å². The van der Waals surface area contributed by atoms with E-state index in [1.807, 2.05) is 0 Å². The van der Waals surface area contributed by atoms with Gasteiger partial charge in [0.1, 0.15) is 0 Å². The number of hydrogen-bond acceptors (Lipinski definition) is 0. The van der Waals surface area contributed by atoms with Gasteiger partial charge in [0.15, 0.2) is 0 Å². The molecule has 1 aromatic rings. The van der Waals surface area contributed by atoms with E-state index in [0.717, 1.165) is 6.42 Å². The van der Waals surface area contributed by atoms with E-state index < -0.39 is 0 Å². The summed E-state index contributed by atoms with van der Waals surface area (Å²) in [5.41, 5.74) is 2.76. The Morgan fingerprint density at radius 1 is 1.06 bits per heavy atom. The third kappa shape index (κ3) is 3.01. The molecule has 0 radical (unpaired) electrons. The van der Waals surface area contributed by atoms with E-state index in [2.05, 4.69) is 58.9 Å². The summed E-state index contributed by atoms with van der Waals surface area (Å²) in [6.45, 7) is 11.1. The van der Waals surface area contributed by atoms with Crippen LogP contribution in [0.1, 0.15) is 63.5 Å². The van der Waals surface area contributed by atoms with Gasteiger partial charge in [-0.3, -0.25) is 0 Å². The van der Waals surface area contributed by atoms with Crippen LogP contribution < -0.4 is 0 Å². The summed E-state index contributed by atoms with van der Waals surface area (Å²) < 4.78 is 0. The van der Waals surface area contributed by atoms with Crippen molar-refractivity contribution in [3.63, 3.8) is 0 Å². The molecular formula is C15H23Cl. The van der Waals surface area contributed by atoms with Gasteiger partial charge in [-0.1, -0.05) is 58.9 Å². The Labute approximate surface area is 105 Å². The smallest absolute Gasteiger partial charge is 0.0636 e. The van der Waals surface area contributed by atoms with Gasteiger partial charge in [0.25, 0.3) is 0 Å². The molecular weight excluding hydrogens is 216 g/mol. The molecule has 0 saturated carbocycles. The zero-order valence-corrected chi connectivity index (χ0v) is 11.8. The highest BCUT2D eigenvalue weighted by Crippen LogP contribution is 2.41. The standard InChI is InChI=1S/C15H23Cl/c1-6-15(4,5)14(16)13-9-7-12(8-10-13)11(2)3/h7-11,14H,6H2,1-5H3. The first-order valence-electron chi connectivity index (χ1n) is 6.12. The third-order valence-electron chi connectivity index (χ3n) is 3.49. The van der Waals surface area contributed by atoms with Crippen LogP contribution in [0.15, 0.2) is 24.3 Å². The van der Waals surface area contributed by atoms with Crippen molar-refractivity contribution in [2.24, 2.45) is 5.41 Å². The van der Waals surface area contributed by atoms with Crippen LogP contribution in [0.5, 0.6) is 0 Å². The molecule has 0 N–H and O–H groups in total. The summed E-state index contributed by atoms with van der Waals surface area (Å²) in [6, 6.07) is 8.73. The van der Waals surface area contributed by atoms with Crippen molar-refractivity contribution in [2.75, 3.05) is 0 Å². The average molecular weight is 239 g/mol. The molecule has 0 aliphatic carbocycles. The first kappa shape index (κ1) is 13.6. The molecule has 1 rings (SSSR count).